The minimum absolute atomic E-state index is 0.0578. The maximum atomic E-state index is 12.5. The van der Waals surface area contributed by atoms with Crippen molar-refractivity contribution in [2.24, 2.45) is 0 Å². The average molecular weight is 364 g/mol. The van der Waals surface area contributed by atoms with Gasteiger partial charge in [-0.25, -0.2) is 4.98 Å². The molecule has 0 amide bonds. The first kappa shape index (κ1) is 17.8. The van der Waals surface area contributed by atoms with E-state index in [1.54, 1.807) is 0 Å². The number of rotatable bonds is 6. The number of aromatic nitrogens is 1. The minimum atomic E-state index is -4.45. The fourth-order valence-corrected chi connectivity index (χ4v) is 2.19. The second-order valence-corrected chi connectivity index (χ2v) is 5.63. The van der Waals surface area contributed by atoms with E-state index in [1.807, 2.05) is 24.3 Å². The van der Waals surface area contributed by atoms with E-state index in [4.69, 9.17) is 23.2 Å². The third kappa shape index (κ3) is 5.57. The average Bonchev–Trinajstić information content (AvgIpc) is 2.49. The fraction of sp³-hybridized carbons (Fsp3) is 0.267. The summed E-state index contributed by atoms with van der Waals surface area (Å²) in [5, 5.41) is 6.70. The van der Waals surface area contributed by atoms with Gasteiger partial charge in [-0.05, 0) is 23.8 Å². The monoisotopic (exact) mass is 363 g/mol. The predicted molar refractivity (Wildman–Crippen MR) is 85.9 cm³/mol. The van der Waals surface area contributed by atoms with Crippen LogP contribution >= 0.6 is 23.2 Å². The maximum absolute atomic E-state index is 12.5. The van der Waals surface area contributed by atoms with E-state index in [0.29, 0.717) is 24.7 Å². The molecule has 0 fully saturated rings. The van der Waals surface area contributed by atoms with Crippen LogP contribution in [0.3, 0.4) is 0 Å². The van der Waals surface area contributed by atoms with Crippen molar-refractivity contribution in [1.82, 2.24) is 10.3 Å². The third-order valence-corrected chi connectivity index (χ3v) is 3.55. The standard InChI is InChI=1S/C15H14Cl2F3N3/c16-12-3-1-10(2-4-12)8-21-5-6-22-14-13(17)7-11(9-23-14)15(18,19)20/h1-4,7,9,21H,5-6,8H2,(H,22,23). The lowest BCUT2D eigenvalue weighted by Crippen LogP contribution is -2.22. The number of nitrogens with zero attached hydrogens (tertiary/aromatic N) is 1. The number of halogens is 5. The molecule has 1 aromatic heterocycles. The number of hydrogen-bond acceptors (Lipinski definition) is 3. The molecule has 8 heteroatoms. The maximum Gasteiger partial charge on any atom is 0.417 e. The second kappa shape index (κ2) is 7.86. The molecule has 2 rings (SSSR count). The molecule has 23 heavy (non-hydrogen) atoms. The topological polar surface area (TPSA) is 37.0 Å². The van der Waals surface area contributed by atoms with Crippen molar-refractivity contribution in [2.75, 3.05) is 18.4 Å². The summed E-state index contributed by atoms with van der Waals surface area (Å²) in [5.74, 6) is 0.230. The summed E-state index contributed by atoms with van der Waals surface area (Å²) in [4.78, 5) is 3.70. The van der Waals surface area contributed by atoms with Crippen LogP contribution in [-0.4, -0.2) is 18.1 Å². The van der Waals surface area contributed by atoms with Crippen molar-refractivity contribution in [3.8, 4) is 0 Å². The highest BCUT2D eigenvalue weighted by Gasteiger charge is 2.31. The lowest BCUT2D eigenvalue weighted by molar-refractivity contribution is -0.137. The predicted octanol–water partition coefficient (Wildman–Crippen LogP) is 4.61. The van der Waals surface area contributed by atoms with E-state index < -0.39 is 11.7 Å². The Morgan fingerprint density at radius 1 is 1.04 bits per heavy atom. The van der Waals surface area contributed by atoms with E-state index in [-0.39, 0.29) is 10.8 Å². The van der Waals surface area contributed by atoms with Gasteiger partial charge in [0.05, 0.1) is 10.6 Å². The molecule has 1 heterocycles. The van der Waals surface area contributed by atoms with Gasteiger partial charge in [-0.3, -0.25) is 0 Å². The lowest BCUT2D eigenvalue weighted by Gasteiger charge is -2.11. The Morgan fingerprint density at radius 2 is 1.74 bits per heavy atom. The molecular formula is C15H14Cl2F3N3. The van der Waals surface area contributed by atoms with Crippen LogP contribution in [0.25, 0.3) is 0 Å². The van der Waals surface area contributed by atoms with Gasteiger partial charge in [0.2, 0.25) is 0 Å². The molecule has 124 valence electrons. The molecule has 0 atom stereocenters. The van der Waals surface area contributed by atoms with Crippen LogP contribution in [0.4, 0.5) is 19.0 Å². The van der Waals surface area contributed by atoms with E-state index in [1.165, 1.54) is 0 Å². The highest BCUT2D eigenvalue weighted by molar-refractivity contribution is 6.33. The zero-order valence-electron chi connectivity index (χ0n) is 11.9. The highest BCUT2D eigenvalue weighted by Crippen LogP contribution is 2.32. The Balaban J connectivity index is 1.77. The van der Waals surface area contributed by atoms with Gasteiger partial charge in [-0.2, -0.15) is 13.2 Å². The first-order valence-electron chi connectivity index (χ1n) is 6.78. The molecule has 0 spiro atoms. The number of hydrogen-bond donors (Lipinski definition) is 2. The first-order chi connectivity index (χ1) is 10.9. The molecule has 2 aromatic rings. The van der Waals surface area contributed by atoms with Gasteiger partial charge in [-0.15, -0.1) is 0 Å². The number of alkyl halides is 3. The fourth-order valence-electron chi connectivity index (χ4n) is 1.83. The van der Waals surface area contributed by atoms with Gasteiger partial charge in [-0.1, -0.05) is 35.3 Å². The Bertz CT molecular complexity index is 645. The summed E-state index contributed by atoms with van der Waals surface area (Å²) in [6.07, 6.45) is -3.69. The van der Waals surface area contributed by atoms with Crippen molar-refractivity contribution < 1.29 is 13.2 Å². The van der Waals surface area contributed by atoms with Crippen LogP contribution in [0.5, 0.6) is 0 Å². The second-order valence-electron chi connectivity index (χ2n) is 4.78. The number of pyridine rings is 1. The van der Waals surface area contributed by atoms with Crippen molar-refractivity contribution >= 4 is 29.0 Å². The Labute approximate surface area is 141 Å². The smallest absolute Gasteiger partial charge is 0.368 e. The summed E-state index contributed by atoms with van der Waals surface area (Å²) in [5.41, 5.74) is 0.217. The first-order valence-corrected chi connectivity index (χ1v) is 7.53. The largest absolute Gasteiger partial charge is 0.417 e. The highest BCUT2D eigenvalue weighted by atomic mass is 35.5. The summed E-state index contributed by atoms with van der Waals surface area (Å²) < 4.78 is 37.5. The van der Waals surface area contributed by atoms with Crippen LogP contribution in [0.1, 0.15) is 11.1 Å². The van der Waals surface area contributed by atoms with Crippen molar-refractivity contribution in [3.63, 3.8) is 0 Å². The molecule has 2 N–H and O–H groups in total. The quantitative estimate of drug-likeness (QED) is 0.735. The van der Waals surface area contributed by atoms with Crippen LogP contribution in [0, 0.1) is 0 Å². The van der Waals surface area contributed by atoms with Crippen LogP contribution in [0.15, 0.2) is 36.5 Å². The zero-order valence-corrected chi connectivity index (χ0v) is 13.4. The molecule has 0 aliphatic rings. The SMILES string of the molecule is FC(F)(F)c1cnc(NCCNCc2ccc(Cl)cc2)c(Cl)c1. The Kier molecular flexibility index (Phi) is 6.10. The molecule has 0 radical (unpaired) electrons. The summed E-state index contributed by atoms with van der Waals surface area (Å²) in [7, 11) is 0. The minimum Gasteiger partial charge on any atom is -0.368 e. The molecule has 0 bridgehead atoms. The molecule has 0 unspecified atom stereocenters. The lowest BCUT2D eigenvalue weighted by atomic mass is 10.2. The van der Waals surface area contributed by atoms with Crippen LogP contribution in [0.2, 0.25) is 10.0 Å². The summed E-state index contributed by atoms with van der Waals surface area (Å²) >= 11 is 11.6. The van der Waals surface area contributed by atoms with Crippen molar-refractivity contribution in [3.05, 3.63) is 57.7 Å². The van der Waals surface area contributed by atoms with Crippen molar-refractivity contribution in [2.45, 2.75) is 12.7 Å². The zero-order chi connectivity index (χ0) is 16.9. The van der Waals surface area contributed by atoms with Gasteiger partial charge in [0.25, 0.3) is 0 Å². The number of nitrogens with one attached hydrogen (secondary N) is 2. The van der Waals surface area contributed by atoms with E-state index in [9.17, 15) is 13.2 Å². The Hall–Kier alpha value is -1.50. The molecule has 1 aromatic carbocycles. The van der Waals surface area contributed by atoms with Gasteiger partial charge in [0.1, 0.15) is 5.82 Å². The molecule has 0 saturated heterocycles. The molecule has 0 aliphatic carbocycles. The Morgan fingerprint density at radius 3 is 2.35 bits per heavy atom. The third-order valence-electron chi connectivity index (χ3n) is 3.01. The van der Waals surface area contributed by atoms with E-state index in [0.717, 1.165) is 17.8 Å². The molecular weight excluding hydrogens is 350 g/mol. The van der Waals surface area contributed by atoms with Crippen LogP contribution < -0.4 is 10.6 Å². The van der Waals surface area contributed by atoms with E-state index >= 15 is 0 Å². The number of benzene rings is 1. The van der Waals surface area contributed by atoms with Gasteiger partial charge >= 0.3 is 6.18 Å². The molecule has 0 aliphatic heterocycles. The van der Waals surface area contributed by atoms with Gasteiger partial charge < -0.3 is 10.6 Å². The molecule has 3 nitrogen and oxygen atoms in total. The van der Waals surface area contributed by atoms with Crippen molar-refractivity contribution in [1.29, 1.82) is 0 Å². The summed E-state index contributed by atoms with van der Waals surface area (Å²) in [6.45, 7) is 1.74. The van der Waals surface area contributed by atoms with Crippen LogP contribution in [-0.2, 0) is 12.7 Å². The normalized spacial score (nSPS) is 11.5. The van der Waals surface area contributed by atoms with Gasteiger partial charge in [0.15, 0.2) is 0 Å². The molecule has 0 saturated carbocycles. The van der Waals surface area contributed by atoms with E-state index in [2.05, 4.69) is 15.6 Å². The summed E-state index contributed by atoms with van der Waals surface area (Å²) in [6, 6.07) is 8.30. The van der Waals surface area contributed by atoms with Gasteiger partial charge in [0, 0.05) is 30.9 Å². The number of anilines is 1.